The average Bonchev–Trinajstić information content (AvgIpc) is 3.15. The third kappa shape index (κ3) is 3.05. The summed E-state index contributed by atoms with van der Waals surface area (Å²) in [6, 6.07) is 0. The van der Waals surface area contributed by atoms with Crippen LogP contribution in [0.4, 0.5) is 5.82 Å². The number of aryl methyl sites for hydroxylation is 1. The van der Waals surface area contributed by atoms with Gasteiger partial charge in [-0.05, 0) is 81.0 Å². The molecule has 3 aliphatic rings. The summed E-state index contributed by atoms with van der Waals surface area (Å²) in [4.78, 5) is 19.5. The fourth-order valence-corrected chi connectivity index (χ4v) is 7.39. The Labute approximate surface area is 192 Å². The molecule has 0 N–H and O–H groups in total. The number of fused-ring (bicyclic) bond motifs is 1. The molecule has 5 rings (SSSR count). The minimum atomic E-state index is -0.142. The maximum absolute atomic E-state index is 6.03. The highest BCUT2D eigenvalue weighted by molar-refractivity contribution is 5.83. The Kier molecular flexibility index (Phi) is 5.16. The van der Waals surface area contributed by atoms with Crippen LogP contribution in [0, 0.1) is 22.7 Å². The Morgan fingerprint density at radius 2 is 1.94 bits per heavy atom. The molecule has 2 saturated carbocycles. The highest BCUT2D eigenvalue weighted by atomic mass is 16.7. The van der Waals surface area contributed by atoms with Crippen LogP contribution in [0.1, 0.15) is 79.1 Å². The second-order valence-corrected chi connectivity index (χ2v) is 11.4. The number of imidazole rings is 1. The molecule has 0 bridgehead atoms. The predicted molar refractivity (Wildman–Crippen MR) is 128 cm³/mol. The molecule has 0 spiro atoms. The molecule has 5 unspecified atom stereocenters. The van der Waals surface area contributed by atoms with Gasteiger partial charge in [0.05, 0.1) is 19.0 Å². The van der Waals surface area contributed by atoms with E-state index in [0.29, 0.717) is 16.7 Å². The Balaban J connectivity index is 1.46. The van der Waals surface area contributed by atoms with Gasteiger partial charge in [0, 0.05) is 6.54 Å². The van der Waals surface area contributed by atoms with Gasteiger partial charge in [-0.2, -0.15) is 0 Å². The molecule has 2 aromatic heterocycles. The molecule has 3 heterocycles. The molecule has 2 fully saturated rings. The molecule has 32 heavy (non-hydrogen) atoms. The zero-order chi connectivity index (χ0) is 22.7. The molecule has 6 nitrogen and oxygen atoms in total. The molecule has 0 radical (unpaired) electrons. The van der Waals surface area contributed by atoms with Gasteiger partial charge in [-0.25, -0.2) is 20.0 Å². The van der Waals surface area contributed by atoms with E-state index in [0.717, 1.165) is 42.3 Å². The summed E-state index contributed by atoms with van der Waals surface area (Å²) < 4.78 is 2.19. The summed E-state index contributed by atoms with van der Waals surface area (Å²) >= 11 is 0. The number of rotatable bonds is 4. The van der Waals surface area contributed by atoms with E-state index in [2.05, 4.69) is 58.9 Å². The van der Waals surface area contributed by atoms with Crippen LogP contribution in [-0.4, -0.2) is 32.2 Å². The van der Waals surface area contributed by atoms with E-state index in [1.807, 2.05) is 6.33 Å². The molecule has 6 heteroatoms. The first-order valence-corrected chi connectivity index (χ1v) is 12.4. The summed E-state index contributed by atoms with van der Waals surface area (Å²) in [6.45, 7) is 15.4. The summed E-state index contributed by atoms with van der Waals surface area (Å²) in [5.74, 6) is 2.28. The Morgan fingerprint density at radius 3 is 2.72 bits per heavy atom. The monoisotopic (exact) mass is 437 g/mol. The van der Waals surface area contributed by atoms with Crippen molar-refractivity contribution in [3.63, 3.8) is 0 Å². The highest BCUT2D eigenvalue weighted by Gasteiger charge is 2.54. The quantitative estimate of drug-likeness (QED) is 0.554. The summed E-state index contributed by atoms with van der Waals surface area (Å²) in [5.41, 5.74) is 3.69. The van der Waals surface area contributed by atoms with E-state index >= 15 is 0 Å². The molecule has 174 valence electrons. The topological polar surface area (TPSA) is 56.1 Å². The summed E-state index contributed by atoms with van der Waals surface area (Å²) in [5, 5.41) is 2.05. The number of nitrogens with zero attached hydrogens (tertiary/aromatic N) is 5. The molecule has 2 aliphatic carbocycles. The molecule has 1 aliphatic heterocycles. The number of anilines is 1. The first-order valence-electron chi connectivity index (χ1n) is 12.4. The first kappa shape index (κ1) is 21.9. The molecule has 0 saturated heterocycles. The lowest BCUT2D eigenvalue weighted by molar-refractivity contribution is -0.0613. The third-order valence-electron chi connectivity index (χ3n) is 9.92. The highest BCUT2D eigenvalue weighted by Crippen LogP contribution is 2.63. The van der Waals surface area contributed by atoms with Gasteiger partial charge >= 0.3 is 0 Å². The Morgan fingerprint density at radius 1 is 1.12 bits per heavy atom. The number of aromatic nitrogens is 4. The van der Waals surface area contributed by atoms with Gasteiger partial charge in [0.15, 0.2) is 11.5 Å². The SMILES string of the molecule is C=C1CCCC2C1(C)CCC(C)C2(C)CCC1(C)CCn2cnc3ncnc(c32)N1OC. The molecular weight excluding hydrogens is 398 g/mol. The molecule has 0 aromatic carbocycles. The van der Waals surface area contributed by atoms with E-state index in [1.165, 1.54) is 44.1 Å². The van der Waals surface area contributed by atoms with Crippen molar-refractivity contribution in [3.05, 3.63) is 24.8 Å². The zero-order valence-corrected chi connectivity index (χ0v) is 20.5. The number of hydroxylamine groups is 1. The zero-order valence-electron chi connectivity index (χ0n) is 20.5. The maximum atomic E-state index is 6.03. The number of allylic oxidation sites excluding steroid dienone is 1. The van der Waals surface area contributed by atoms with Crippen molar-refractivity contribution in [2.45, 2.75) is 91.1 Å². The van der Waals surface area contributed by atoms with Crippen LogP contribution in [0.5, 0.6) is 0 Å². The van der Waals surface area contributed by atoms with Crippen LogP contribution >= 0.6 is 0 Å². The maximum Gasteiger partial charge on any atom is 0.183 e. The van der Waals surface area contributed by atoms with Gasteiger partial charge < -0.3 is 4.57 Å². The largest absolute Gasteiger partial charge is 0.326 e. The average molecular weight is 438 g/mol. The Hall–Kier alpha value is -1.95. The van der Waals surface area contributed by atoms with Crippen molar-refractivity contribution in [2.24, 2.45) is 22.7 Å². The van der Waals surface area contributed by atoms with Gasteiger partial charge in [-0.3, -0.25) is 4.84 Å². The predicted octanol–water partition coefficient (Wildman–Crippen LogP) is 5.94. The molecule has 2 aromatic rings. The Bertz CT molecular complexity index is 1030. The second-order valence-electron chi connectivity index (χ2n) is 11.4. The standard InChI is InChI=1S/C26H39N5O/c1-18-8-7-9-20-25(18,4)11-10-19(2)26(20,5)13-12-24(3)14-15-30-17-29-22-21(30)23(28-16-27-22)31(24)32-6/h16-17,19-20H,1,7-15H2,2-6H3. The summed E-state index contributed by atoms with van der Waals surface area (Å²) in [7, 11) is 1.77. The van der Waals surface area contributed by atoms with Crippen LogP contribution in [0.2, 0.25) is 0 Å². The third-order valence-corrected chi connectivity index (χ3v) is 9.92. The lowest BCUT2D eigenvalue weighted by Gasteiger charge is -2.59. The van der Waals surface area contributed by atoms with E-state index in [4.69, 9.17) is 4.84 Å². The lowest BCUT2D eigenvalue weighted by Crippen LogP contribution is -2.52. The van der Waals surface area contributed by atoms with E-state index < -0.39 is 0 Å². The van der Waals surface area contributed by atoms with Gasteiger partial charge in [0.25, 0.3) is 0 Å². The fraction of sp³-hybridized carbons (Fsp3) is 0.731. The van der Waals surface area contributed by atoms with Crippen LogP contribution in [0.15, 0.2) is 24.8 Å². The normalized spacial score (nSPS) is 37.4. The number of hydrogen-bond acceptors (Lipinski definition) is 5. The van der Waals surface area contributed by atoms with Crippen molar-refractivity contribution in [2.75, 3.05) is 12.2 Å². The van der Waals surface area contributed by atoms with Crippen LogP contribution < -0.4 is 5.06 Å². The minimum absolute atomic E-state index is 0.142. The van der Waals surface area contributed by atoms with Crippen molar-refractivity contribution < 1.29 is 4.84 Å². The van der Waals surface area contributed by atoms with Crippen molar-refractivity contribution >= 4 is 17.0 Å². The van der Waals surface area contributed by atoms with E-state index in [9.17, 15) is 0 Å². The lowest BCUT2D eigenvalue weighted by atomic mass is 9.46. The molecule has 5 atom stereocenters. The van der Waals surface area contributed by atoms with Crippen LogP contribution in [0.25, 0.3) is 11.2 Å². The van der Waals surface area contributed by atoms with Crippen LogP contribution in [0.3, 0.4) is 0 Å². The molecule has 0 amide bonds. The van der Waals surface area contributed by atoms with Crippen molar-refractivity contribution in [3.8, 4) is 0 Å². The second kappa shape index (κ2) is 7.54. The van der Waals surface area contributed by atoms with Gasteiger partial charge in [-0.15, -0.1) is 0 Å². The van der Waals surface area contributed by atoms with Gasteiger partial charge in [-0.1, -0.05) is 32.9 Å². The summed E-state index contributed by atoms with van der Waals surface area (Å²) in [6.07, 6.45) is 13.2. The minimum Gasteiger partial charge on any atom is -0.326 e. The van der Waals surface area contributed by atoms with Crippen molar-refractivity contribution in [1.29, 1.82) is 0 Å². The van der Waals surface area contributed by atoms with E-state index in [-0.39, 0.29) is 5.54 Å². The fourth-order valence-electron chi connectivity index (χ4n) is 7.39. The molecular formula is C26H39N5O. The van der Waals surface area contributed by atoms with Gasteiger partial charge in [0.2, 0.25) is 0 Å². The van der Waals surface area contributed by atoms with E-state index in [1.54, 1.807) is 13.4 Å². The van der Waals surface area contributed by atoms with Crippen molar-refractivity contribution in [1.82, 2.24) is 19.5 Å². The van der Waals surface area contributed by atoms with Crippen LogP contribution in [-0.2, 0) is 11.4 Å². The van der Waals surface area contributed by atoms with Gasteiger partial charge in [0.1, 0.15) is 11.8 Å². The smallest absolute Gasteiger partial charge is 0.183 e. The number of hydrogen-bond donors (Lipinski definition) is 0. The first-order chi connectivity index (χ1) is 15.2.